The van der Waals surface area contributed by atoms with Crippen LogP contribution in [0.15, 0.2) is 59.0 Å². The molecule has 110 valence electrons. The van der Waals surface area contributed by atoms with Crippen molar-refractivity contribution in [2.24, 2.45) is 0 Å². The molecular weight excluding hydrogens is 280 g/mol. The maximum atomic E-state index is 12.1. The number of fused-ring (bicyclic) bond motifs is 1. The molecule has 0 saturated heterocycles. The van der Waals surface area contributed by atoms with Crippen LogP contribution in [0.4, 0.5) is 0 Å². The van der Waals surface area contributed by atoms with E-state index in [-0.39, 0.29) is 17.1 Å². The number of methoxy groups -OCH3 is 1. The molecule has 22 heavy (non-hydrogen) atoms. The molecule has 0 aliphatic heterocycles. The van der Waals surface area contributed by atoms with E-state index in [4.69, 9.17) is 9.15 Å². The molecule has 0 saturated carbocycles. The lowest BCUT2D eigenvalue weighted by Gasteiger charge is -2.03. The molecule has 0 aliphatic carbocycles. The number of phenolic OH excluding ortho intramolecular Hbond substituents is 1. The number of furan rings is 1. The lowest BCUT2D eigenvalue weighted by Crippen LogP contribution is -1.95. The highest BCUT2D eigenvalue weighted by molar-refractivity contribution is 6.08. The van der Waals surface area contributed by atoms with Crippen LogP contribution >= 0.6 is 0 Å². The van der Waals surface area contributed by atoms with Gasteiger partial charge in [-0.15, -0.1) is 0 Å². The van der Waals surface area contributed by atoms with Crippen LogP contribution in [0.2, 0.25) is 0 Å². The van der Waals surface area contributed by atoms with E-state index in [1.54, 1.807) is 12.1 Å². The summed E-state index contributed by atoms with van der Waals surface area (Å²) in [4.78, 5) is 12.1. The van der Waals surface area contributed by atoms with Crippen molar-refractivity contribution in [3.8, 4) is 11.5 Å². The molecule has 2 aromatic carbocycles. The first-order valence-electron chi connectivity index (χ1n) is 6.75. The third-order valence-electron chi connectivity index (χ3n) is 3.31. The normalized spacial score (nSPS) is 11.1. The minimum absolute atomic E-state index is 0.112. The first kappa shape index (κ1) is 13.9. The Morgan fingerprint density at radius 2 is 2.00 bits per heavy atom. The number of ketones is 1. The zero-order valence-corrected chi connectivity index (χ0v) is 11.9. The molecule has 0 amide bonds. The van der Waals surface area contributed by atoms with E-state index in [2.05, 4.69) is 0 Å². The molecule has 0 radical (unpaired) electrons. The molecule has 0 aliphatic rings. The third kappa shape index (κ3) is 2.72. The Hall–Kier alpha value is -3.01. The summed E-state index contributed by atoms with van der Waals surface area (Å²) in [5.41, 5.74) is 0.982. The van der Waals surface area contributed by atoms with E-state index in [1.165, 1.54) is 25.3 Å². The van der Waals surface area contributed by atoms with Crippen LogP contribution in [0.3, 0.4) is 0 Å². The van der Waals surface area contributed by atoms with Crippen molar-refractivity contribution >= 4 is 22.8 Å². The Morgan fingerprint density at radius 3 is 2.73 bits per heavy atom. The predicted octanol–water partition coefficient (Wildman–Crippen LogP) is 4.04. The van der Waals surface area contributed by atoms with E-state index in [0.29, 0.717) is 11.5 Å². The number of para-hydroxylation sites is 1. The number of phenols is 1. The molecule has 3 aromatic rings. The Balaban J connectivity index is 1.84. The number of aromatic hydroxyl groups is 1. The minimum Gasteiger partial charge on any atom is -0.507 e. The van der Waals surface area contributed by atoms with Crippen LogP contribution < -0.4 is 4.74 Å². The van der Waals surface area contributed by atoms with Crippen LogP contribution in [0.1, 0.15) is 16.1 Å². The van der Waals surface area contributed by atoms with E-state index in [1.807, 2.05) is 30.3 Å². The summed E-state index contributed by atoms with van der Waals surface area (Å²) in [6, 6.07) is 14.0. The molecule has 0 fully saturated rings. The Kier molecular flexibility index (Phi) is 3.66. The molecular formula is C18H14O4. The van der Waals surface area contributed by atoms with Gasteiger partial charge in [0.1, 0.15) is 22.8 Å². The van der Waals surface area contributed by atoms with Gasteiger partial charge in [0.25, 0.3) is 0 Å². The molecule has 1 heterocycles. The average Bonchev–Trinajstić information content (AvgIpc) is 2.95. The zero-order chi connectivity index (χ0) is 15.5. The second kappa shape index (κ2) is 5.77. The fourth-order valence-corrected chi connectivity index (χ4v) is 2.18. The smallest absolute Gasteiger partial charge is 0.189 e. The molecule has 4 nitrogen and oxygen atoms in total. The Labute approximate surface area is 127 Å². The summed E-state index contributed by atoms with van der Waals surface area (Å²) < 4.78 is 10.6. The number of hydrogen-bond acceptors (Lipinski definition) is 4. The lowest BCUT2D eigenvalue weighted by atomic mass is 10.1. The van der Waals surface area contributed by atoms with E-state index in [9.17, 15) is 9.90 Å². The highest BCUT2D eigenvalue weighted by Crippen LogP contribution is 2.25. The topological polar surface area (TPSA) is 59.7 Å². The summed E-state index contributed by atoms with van der Waals surface area (Å²) in [5, 5.41) is 10.8. The van der Waals surface area contributed by atoms with Gasteiger partial charge in [-0.2, -0.15) is 0 Å². The fraction of sp³-hybridized carbons (Fsp3) is 0.0556. The van der Waals surface area contributed by atoms with Crippen LogP contribution in [-0.4, -0.2) is 18.0 Å². The summed E-state index contributed by atoms with van der Waals surface area (Å²) >= 11 is 0. The van der Waals surface area contributed by atoms with Gasteiger partial charge >= 0.3 is 0 Å². The number of carbonyl (C=O) groups excluding carboxylic acids is 1. The SMILES string of the molecule is COc1ccc(C(=O)/C=C/c2cc3ccccc3o2)c(O)c1. The Morgan fingerprint density at radius 1 is 1.18 bits per heavy atom. The predicted molar refractivity (Wildman–Crippen MR) is 84.2 cm³/mol. The maximum absolute atomic E-state index is 12.1. The summed E-state index contributed by atoms with van der Waals surface area (Å²) in [5.74, 6) is 0.664. The van der Waals surface area contributed by atoms with E-state index in [0.717, 1.165) is 11.0 Å². The second-order valence-corrected chi connectivity index (χ2v) is 4.77. The fourth-order valence-electron chi connectivity index (χ4n) is 2.18. The molecule has 3 rings (SSSR count). The van der Waals surface area contributed by atoms with Crippen LogP contribution in [0, 0.1) is 0 Å². The van der Waals surface area contributed by atoms with Crippen molar-refractivity contribution in [2.45, 2.75) is 0 Å². The minimum atomic E-state index is -0.305. The quantitative estimate of drug-likeness (QED) is 0.582. The first-order chi connectivity index (χ1) is 10.7. The van der Waals surface area contributed by atoms with Crippen LogP contribution in [0.5, 0.6) is 11.5 Å². The van der Waals surface area contributed by atoms with Crippen molar-refractivity contribution in [3.63, 3.8) is 0 Å². The van der Waals surface area contributed by atoms with E-state index < -0.39 is 0 Å². The molecule has 0 atom stereocenters. The first-order valence-corrected chi connectivity index (χ1v) is 6.75. The van der Waals surface area contributed by atoms with Crippen LogP contribution in [-0.2, 0) is 0 Å². The summed E-state index contributed by atoms with van der Waals surface area (Å²) in [6.07, 6.45) is 2.96. The van der Waals surface area contributed by atoms with Gasteiger partial charge in [0.2, 0.25) is 0 Å². The second-order valence-electron chi connectivity index (χ2n) is 4.77. The van der Waals surface area contributed by atoms with Gasteiger partial charge in [0.15, 0.2) is 5.78 Å². The monoisotopic (exact) mass is 294 g/mol. The molecule has 1 aromatic heterocycles. The Bertz CT molecular complexity index is 825. The van der Waals surface area contributed by atoms with Gasteiger partial charge in [-0.3, -0.25) is 4.79 Å². The molecule has 4 heteroatoms. The number of hydrogen-bond donors (Lipinski definition) is 1. The number of carbonyl (C=O) groups is 1. The van der Waals surface area contributed by atoms with E-state index >= 15 is 0 Å². The number of allylic oxidation sites excluding steroid dienone is 1. The molecule has 0 unspecified atom stereocenters. The van der Waals surface area contributed by atoms with Crippen molar-refractivity contribution in [3.05, 3.63) is 65.9 Å². The van der Waals surface area contributed by atoms with Gasteiger partial charge in [0, 0.05) is 11.5 Å². The highest BCUT2D eigenvalue weighted by atomic mass is 16.5. The third-order valence-corrected chi connectivity index (χ3v) is 3.31. The van der Waals surface area contributed by atoms with Crippen LogP contribution in [0.25, 0.3) is 17.0 Å². The van der Waals surface area contributed by atoms with Crippen molar-refractivity contribution in [1.29, 1.82) is 0 Å². The van der Waals surface area contributed by atoms with Gasteiger partial charge < -0.3 is 14.3 Å². The van der Waals surface area contributed by atoms with Crippen molar-refractivity contribution in [2.75, 3.05) is 7.11 Å². The largest absolute Gasteiger partial charge is 0.507 e. The van der Waals surface area contributed by atoms with Gasteiger partial charge in [0.05, 0.1) is 12.7 Å². The number of benzene rings is 2. The lowest BCUT2D eigenvalue weighted by molar-refractivity contribution is 0.104. The average molecular weight is 294 g/mol. The van der Waals surface area contributed by atoms with Gasteiger partial charge in [-0.1, -0.05) is 18.2 Å². The standard InChI is InChI=1S/C18H14O4/c1-21-13-6-8-15(17(20)11-13)16(19)9-7-14-10-12-4-2-3-5-18(12)22-14/h2-11,20H,1H3/b9-7+. The maximum Gasteiger partial charge on any atom is 0.189 e. The van der Waals surface area contributed by atoms with Gasteiger partial charge in [-0.05, 0) is 36.4 Å². The highest BCUT2D eigenvalue weighted by Gasteiger charge is 2.09. The van der Waals surface area contributed by atoms with Gasteiger partial charge in [-0.25, -0.2) is 0 Å². The van der Waals surface area contributed by atoms with Crippen molar-refractivity contribution < 1.29 is 19.1 Å². The summed E-state index contributed by atoms with van der Waals surface area (Å²) in [7, 11) is 1.50. The number of rotatable bonds is 4. The van der Waals surface area contributed by atoms with Crippen molar-refractivity contribution in [1.82, 2.24) is 0 Å². The summed E-state index contributed by atoms with van der Waals surface area (Å²) in [6.45, 7) is 0. The number of ether oxygens (including phenoxy) is 1. The molecule has 0 spiro atoms. The molecule has 0 bridgehead atoms. The zero-order valence-electron chi connectivity index (χ0n) is 11.9. The molecule has 1 N–H and O–H groups in total.